The lowest BCUT2D eigenvalue weighted by molar-refractivity contribution is 0.0697. The number of fused-ring (bicyclic) bond motifs is 1. The molecule has 11 heteroatoms. The van der Waals surface area contributed by atoms with E-state index >= 15 is 0 Å². The first-order valence-electron chi connectivity index (χ1n) is 11.7. The summed E-state index contributed by atoms with van der Waals surface area (Å²) in [5.74, 6) is 0.386. The molecular weight excluding hydrogens is 518 g/mol. The summed E-state index contributed by atoms with van der Waals surface area (Å²) in [5, 5.41) is 10.5. The van der Waals surface area contributed by atoms with Gasteiger partial charge in [0.15, 0.2) is 5.01 Å². The van der Waals surface area contributed by atoms with E-state index in [2.05, 4.69) is 11.1 Å². The minimum absolute atomic E-state index is 0.167. The van der Waals surface area contributed by atoms with Gasteiger partial charge in [-0.15, -0.1) is 11.3 Å². The predicted octanol–water partition coefficient (Wildman–Crippen LogP) is 4.18. The van der Waals surface area contributed by atoms with Crippen LogP contribution < -0.4 is 0 Å². The summed E-state index contributed by atoms with van der Waals surface area (Å²) in [4.78, 5) is 22.3. The molecule has 2 aliphatic rings. The third-order valence-corrected chi connectivity index (χ3v) is 9.82. The molecule has 1 fully saturated rings. The molecule has 0 spiro atoms. The zero-order chi connectivity index (χ0) is 25.4. The van der Waals surface area contributed by atoms with E-state index in [0.717, 1.165) is 34.2 Å². The molecule has 5 rings (SSSR count). The molecule has 1 saturated heterocycles. The zero-order valence-electron chi connectivity index (χ0n) is 19.8. The normalized spacial score (nSPS) is 17.3. The molecule has 1 amide bonds. The van der Waals surface area contributed by atoms with Crippen molar-refractivity contribution in [2.75, 3.05) is 39.3 Å². The largest absolute Gasteiger partial charge is 0.357 e. The highest BCUT2D eigenvalue weighted by Crippen LogP contribution is 2.29. The average Bonchev–Trinajstić information content (AvgIpc) is 3.38. The topological polar surface area (TPSA) is 97.7 Å². The van der Waals surface area contributed by atoms with E-state index in [9.17, 15) is 13.2 Å². The van der Waals surface area contributed by atoms with Gasteiger partial charge in [-0.2, -0.15) is 4.31 Å². The second-order valence-corrected chi connectivity index (χ2v) is 12.3. The molecule has 0 bridgehead atoms. The number of sulfonamides is 1. The van der Waals surface area contributed by atoms with Gasteiger partial charge in [0.2, 0.25) is 10.0 Å². The van der Waals surface area contributed by atoms with Gasteiger partial charge in [-0.3, -0.25) is 10.2 Å². The van der Waals surface area contributed by atoms with Crippen molar-refractivity contribution in [3.63, 3.8) is 0 Å². The Balaban J connectivity index is 1.23. The molecule has 0 atom stereocenters. The number of amides is 1. The maximum absolute atomic E-state index is 13.3. The third kappa shape index (κ3) is 4.90. The number of nitrogens with zero attached hydrogens (tertiary/aromatic N) is 4. The van der Waals surface area contributed by atoms with E-state index < -0.39 is 10.0 Å². The van der Waals surface area contributed by atoms with Crippen LogP contribution >= 0.6 is 22.9 Å². The minimum Gasteiger partial charge on any atom is -0.357 e. The van der Waals surface area contributed by atoms with Crippen molar-refractivity contribution >= 4 is 61.0 Å². The van der Waals surface area contributed by atoms with E-state index in [-0.39, 0.29) is 23.9 Å². The number of hydrogen-bond acceptors (Lipinski definition) is 6. The van der Waals surface area contributed by atoms with Crippen LogP contribution in [0.25, 0.3) is 16.3 Å². The Morgan fingerprint density at radius 3 is 2.44 bits per heavy atom. The van der Waals surface area contributed by atoms with E-state index in [1.807, 2.05) is 11.0 Å². The average molecular weight is 544 g/mol. The number of thiazole rings is 1. The second-order valence-electron chi connectivity index (χ2n) is 8.89. The number of carbonyl (C=O) groups excluding carboxylic acids is 1. The smallest absolute Gasteiger partial charge is 0.282 e. The van der Waals surface area contributed by atoms with Crippen LogP contribution in [0.5, 0.6) is 0 Å². The predicted molar refractivity (Wildman–Crippen MR) is 143 cm³/mol. The van der Waals surface area contributed by atoms with Crippen LogP contribution in [-0.4, -0.2) is 78.5 Å². The molecule has 3 aromatic rings. The number of nitrogens with one attached hydrogen (secondary N) is 1. The summed E-state index contributed by atoms with van der Waals surface area (Å²) < 4.78 is 27.9. The lowest BCUT2D eigenvalue weighted by Crippen LogP contribution is -2.50. The molecule has 8 nitrogen and oxygen atoms in total. The van der Waals surface area contributed by atoms with Gasteiger partial charge in [0, 0.05) is 50.5 Å². The van der Waals surface area contributed by atoms with Crippen LogP contribution in [0, 0.1) is 5.41 Å². The maximum Gasteiger partial charge on any atom is 0.282 e. The van der Waals surface area contributed by atoms with Gasteiger partial charge >= 0.3 is 0 Å². The molecule has 3 heterocycles. The fourth-order valence-electron chi connectivity index (χ4n) is 4.49. The molecule has 0 aliphatic carbocycles. The molecule has 0 saturated carbocycles. The lowest BCUT2D eigenvalue weighted by atomic mass is 10.1. The Morgan fingerprint density at radius 2 is 1.75 bits per heavy atom. The summed E-state index contributed by atoms with van der Waals surface area (Å²) >= 11 is 7.41. The number of halogens is 1. The number of amidine groups is 1. The van der Waals surface area contributed by atoms with E-state index in [1.165, 1.54) is 15.6 Å². The maximum atomic E-state index is 13.3. The molecule has 2 aromatic carbocycles. The van der Waals surface area contributed by atoms with Crippen molar-refractivity contribution in [2.24, 2.45) is 0 Å². The highest BCUT2D eigenvalue weighted by atomic mass is 35.5. The van der Waals surface area contributed by atoms with Crippen LogP contribution in [0.1, 0.15) is 28.0 Å². The number of carbonyl (C=O) groups is 1. The molecule has 36 heavy (non-hydrogen) atoms. The second kappa shape index (κ2) is 9.93. The number of rotatable bonds is 4. The Morgan fingerprint density at radius 1 is 1.03 bits per heavy atom. The highest BCUT2D eigenvalue weighted by molar-refractivity contribution is 7.89. The van der Waals surface area contributed by atoms with Crippen molar-refractivity contribution < 1.29 is 13.2 Å². The van der Waals surface area contributed by atoms with Crippen molar-refractivity contribution in [3.05, 3.63) is 63.6 Å². The molecule has 0 radical (unpaired) electrons. The summed E-state index contributed by atoms with van der Waals surface area (Å²) in [6, 6.07) is 10.4. The van der Waals surface area contributed by atoms with Crippen molar-refractivity contribution in [3.8, 4) is 0 Å². The van der Waals surface area contributed by atoms with Gasteiger partial charge in [-0.1, -0.05) is 29.8 Å². The third-order valence-electron chi connectivity index (χ3n) is 6.63. The summed E-state index contributed by atoms with van der Waals surface area (Å²) in [6.07, 6.45) is 4.64. The molecule has 1 aromatic heterocycles. The molecule has 0 unspecified atom stereocenters. The molecule has 188 valence electrons. The van der Waals surface area contributed by atoms with Gasteiger partial charge in [0.05, 0.1) is 15.6 Å². The van der Waals surface area contributed by atoms with Crippen LogP contribution in [0.2, 0.25) is 5.02 Å². The standard InChI is InChI=1S/C25H26ClN5O3S2/c1-17(27)29-8-6-18(7-9-29)23-16-28-24(35-23)25(32)30-10-12-31(13-11-30)36(33,34)22-5-3-19-14-21(26)4-2-20(19)15-22/h2-6,14-16,27H,7-13H2,1H3. The van der Waals surface area contributed by atoms with Gasteiger partial charge < -0.3 is 9.80 Å². The van der Waals surface area contributed by atoms with Crippen LogP contribution in [0.4, 0.5) is 0 Å². The Bertz CT molecular complexity index is 1480. The first-order chi connectivity index (χ1) is 17.2. The van der Waals surface area contributed by atoms with E-state index in [1.54, 1.807) is 48.4 Å². The molecule has 2 aliphatic heterocycles. The van der Waals surface area contributed by atoms with Crippen molar-refractivity contribution in [2.45, 2.75) is 18.2 Å². The van der Waals surface area contributed by atoms with Crippen molar-refractivity contribution in [1.29, 1.82) is 5.41 Å². The van der Waals surface area contributed by atoms with Gasteiger partial charge in [-0.25, -0.2) is 13.4 Å². The lowest BCUT2D eigenvalue weighted by Gasteiger charge is -2.33. The molecular formula is C25H26ClN5O3S2. The fourth-order valence-corrected chi connectivity index (χ4v) is 7.08. The van der Waals surface area contributed by atoms with Crippen molar-refractivity contribution in [1.82, 2.24) is 19.1 Å². The number of hydrogen-bond donors (Lipinski definition) is 1. The fraction of sp³-hybridized carbons (Fsp3) is 0.320. The molecule has 1 N–H and O–H groups in total. The van der Waals surface area contributed by atoms with E-state index in [0.29, 0.717) is 35.5 Å². The Hall–Kier alpha value is -2.79. The number of benzene rings is 2. The Kier molecular flexibility index (Phi) is 6.86. The minimum atomic E-state index is -3.68. The first-order valence-corrected chi connectivity index (χ1v) is 14.3. The summed E-state index contributed by atoms with van der Waals surface area (Å²) in [6.45, 7) is 4.34. The Labute approximate surface area is 219 Å². The highest BCUT2D eigenvalue weighted by Gasteiger charge is 2.31. The van der Waals surface area contributed by atoms with Gasteiger partial charge in [-0.05, 0) is 54.0 Å². The van der Waals surface area contributed by atoms with Crippen LogP contribution in [-0.2, 0) is 10.0 Å². The van der Waals surface area contributed by atoms with E-state index in [4.69, 9.17) is 17.0 Å². The van der Waals surface area contributed by atoms with Crippen LogP contribution in [0.3, 0.4) is 0 Å². The monoisotopic (exact) mass is 543 g/mol. The quantitative estimate of drug-likeness (QED) is 0.393. The summed E-state index contributed by atoms with van der Waals surface area (Å²) in [7, 11) is -3.68. The SMILES string of the molecule is CC(=N)N1CC=C(c2cnc(C(=O)N3CCN(S(=O)(=O)c4ccc5cc(Cl)ccc5c4)CC3)s2)CC1. The summed E-state index contributed by atoms with van der Waals surface area (Å²) in [5.41, 5.74) is 1.15. The number of piperazine rings is 1. The number of aromatic nitrogens is 1. The zero-order valence-corrected chi connectivity index (χ0v) is 22.2. The van der Waals surface area contributed by atoms with Gasteiger partial charge in [0.25, 0.3) is 5.91 Å². The van der Waals surface area contributed by atoms with Gasteiger partial charge in [0.1, 0.15) is 0 Å². The van der Waals surface area contributed by atoms with Crippen LogP contribution in [0.15, 0.2) is 53.6 Å². The first kappa shape index (κ1) is 24.9.